The molecule has 27 heavy (non-hydrogen) atoms. The fraction of sp³-hybridized carbons (Fsp3) is 0.389. The number of nitrogens with zero attached hydrogens (tertiary/aromatic N) is 1. The molecule has 0 aliphatic carbocycles. The van der Waals surface area contributed by atoms with Crippen molar-refractivity contribution in [3.05, 3.63) is 45.6 Å². The summed E-state index contributed by atoms with van der Waals surface area (Å²) in [5, 5.41) is 6.32. The minimum Gasteiger partial charge on any atom is -0.497 e. The summed E-state index contributed by atoms with van der Waals surface area (Å²) < 4.78 is 34.9. The molecule has 1 heterocycles. The Morgan fingerprint density at radius 1 is 1.15 bits per heavy atom. The van der Waals surface area contributed by atoms with Crippen molar-refractivity contribution >= 4 is 41.3 Å². The minimum atomic E-state index is -2.90. The number of alkyl halides is 2. The Bertz CT molecular complexity index is 741. The average molecular weight is 511 g/mol. The first-order valence-corrected chi connectivity index (χ1v) is 9.01. The van der Waals surface area contributed by atoms with Gasteiger partial charge in [0.2, 0.25) is 0 Å². The van der Waals surface area contributed by atoms with Crippen molar-refractivity contribution in [3.8, 4) is 11.5 Å². The van der Waals surface area contributed by atoms with E-state index in [1.165, 1.54) is 22.9 Å². The van der Waals surface area contributed by atoms with E-state index >= 15 is 0 Å². The number of halogens is 3. The maximum absolute atomic E-state index is 12.6. The molecule has 2 N–H and O–H groups in total. The quantitative estimate of drug-likeness (QED) is 0.314. The first-order chi connectivity index (χ1) is 12.5. The summed E-state index contributed by atoms with van der Waals surface area (Å²) in [7, 11) is 3.13. The van der Waals surface area contributed by atoms with E-state index in [-0.39, 0.29) is 36.3 Å². The third-order valence-electron chi connectivity index (χ3n) is 3.66. The molecule has 1 aromatic heterocycles. The van der Waals surface area contributed by atoms with Crippen molar-refractivity contribution in [1.29, 1.82) is 0 Å². The highest BCUT2D eigenvalue weighted by Crippen LogP contribution is 2.26. The summed E-state index contributed by atoms with van der Waals surface area (Å²) in [6, 6.07) is 9.02. The second-order valence-electron chi connectivity index (χ2n) is 5.35. The molecule has 0 saturated heterocycles. The Balaban J connectivity index is 0.00000364. The van der Waals surface area contributed by atoms with Crippen LogP contribution in [0.1, 0.15) is 22.2 Å². The first kappa shape index (κ1) is 23.4. The van der Waals surface area contributed by atoms with E-state index in [0.717, 1.165) is 6.42 Å². The molecule has 9 heteroatoms. The molecule has 0 aliphatic heterocycles. The van der Waals surface area contributed by atoms with Crippen LogP contribution in [0, 0.1) is 0 Å². The summed E-state index contributed by atoms with van der Waals surface area (Å²) in [6.07, 6.45) is 1.02. The molecule has 5 nitrogen and oxygen atoms in total. The lowest BCUT2D eigenvalue weighted by Crippen LogP contribution is -2.36. The highest BCUT2D eigenvalue weighted by atomic mass is 127. The number of benzene rings is 1. The predicted molar refractivity (Wildman–Crippen MR) is 116 cm³/mol. The van der Waals surface area contributed by atoms with Gasteiger partial charge in [0.15, 0.2) is 5.96 Å². The number of thiophene rings is 1. The topological polar surface area (TPSA) is 54.9 Å². The number of rotatable bonds is 8. The van der Waals surface area contributed by atoms with Gasteiger partial charge in [-0.1, -0.05) is 6.92 Å². The van der Waals surface area contributed by atoms with Crippen LogP contribution in [0.5, 0.6) is 11.5 Å². The monoisotopic (exact) mass is 511 g/mol. The van der Waals surface area contributed by atoms with E-state index in [2.05, 4.69) is 39.4 Å². The Kier molecular flexibility index (Phi) is 10.4. The van der Waals surface area contributed by atoms with E-state index in [9.17, 15) is 8.78 Å². The number of nitrogens with one attached hydrogen (secondary N) is 2. The maximum Gasteiger partial charge on any atom is 0.387 e. The van der Waals surface area contributed by atoms with Gasteiger partial charge in [0.05, 0.1) is 13.7 Å². The van der Waals surface area contributed by atoms with Gasteiger partial charge in [0, 0.05) is 35.0 Å². The van der Waals surface area contributed by atoms with Gasteiger partial charge in [-0.2, -0.15) is 8.78 Å². The molecular formula is C18H24F2IN3O2S. The zero-order valence-corrected chi connectivity index (χ0v) is 18.6. The predicted octanol–water partition coefficient (Wildman–Crippen LogP) is 4.40. The average Bonchev–Trinajstić information content (AvgIpc) is 3.10. The largest absolute Gasteiger partial charge is 0.497 e. The number of aryl methyl sites for hydroxylation is 1. The molecule has 150 valence electrons. The van der Waals surface area contributed by atoms with E-state index < -0.39 is 6.61 Å². The highest BCUT2D eigenvalue weighted by Gasteiger charge is 2.12. The fourth-order valence-electron chi connectivity index (χ4n) is 2.29. The van der Waals surface area contributed by atoms with Gasteiger partial charge in [-0.25, -0.2) is 0 Å². The van der Waals surface area contributed by atoms with Crippen molar-refractivity contribution in [3.63, 3.8) is 0 Å². The zero-order valence-electron chi connectivity index (χ0n) is 15.4. The lowest BCUT2D eigenvalue weighted by atomic mass is 10.2. The second-order valence-corrected chi connectivity index (χ2v) is 6.61. The third-order valence-corrected chi connectivity index (χ3v) is 4.89. The summed E-state index contributed by atoms with van der Waals surface area (Å²) in [4.78, 5) is 6.69. The number of ether oxygens (including phenoxy) is 2. The molecule has 0 fully saturated rings. The SMILES string of the molecule is CCc1ccc(CNC(=NC)NCc2ccc(OC)cc2OC(F)F)s1.I. The Labute approximate surface area is 179 Å². The molecule has 0 saturated carbocycles. The van der Waals surface area contributed by atoms with Crippen LogP contribution in [0.15, 0.2) is 35.3 Å². The van der Waals surface area contributed by atoms with Gasteiger partial charge in [-0.05, 0) is 30.7 Å². The lowest BCUT2D eigenvalue weighted by molar-refractivity contribution is -0.0505. The van der Waals surface area contributed by atoms with E-state index in [0.29, 0.717) is 23.8 Å². The lowest BCUT2D eigenvalue weighted by Gasteiger charge is -2.15. The molecular weight excluding hydrogens is 487 g/mol. The summed E-state index contributed by atoms with van der Waals surface area (Å²) in [6.45, 7) is 0.158. The van der Waals surface area contributed by atoms with Crippen molar-refractivity contribution in [2.45, 2.75) is 33.0 Å². The van der Waals surface area contributed by atoms with Crippen molar-refractivity contribution in [1.82, 2.24) is 10.6 Å². The molecule has 0 atom stereocenters. The highest BCUT2D eigenvalue weighted by molar-refractivity contribution is 14.0. The molecule has 0 spiro atoms. The molecule has 0 aliphatic rings. The third kappa shape index (κ3) is 7.49. The summed E-state index contributed by atoms with van der Waals surface area (Å²) >= 11 is 1.75. The standard InChI is InChI=1S/C18H23F2N3O2S.HI/c1-4-14-7-8-15(26-14)11-23-18(21-2)22-10-12-5-6-13(24-3)9-16(12)25-17(19)20;/h5-9,17H,4,10-11H2,1-3H3,(H2,21,22,23);1H. The van der Waals surface area contributed by atoms with Crippen LogP contribution in [0.2, 0.25) is 0 Å². The van der Waals surface area contributed by atoms with Crippen LogP contribution >= 0.6 is 35.3 Å². The van der Waals surface area contributed by atoms with Crippen molar-refractivity contribution in [2.24, 2.45) is 4.99 Å². The fourth-order valence-corrected chi connectivity index (χ4v) is 3.19. The first-order valence-electron chi connectivity index (χ1n) is 8.19. The number of hydrogen-bond donors (Lipinski definition) is 2. The second kappa shape index (κ2) is 12.0. The minimum absolute atomic E-state index is 0. The number of hydrogen-bond acceptors (Lipinski definition) is 4. The van der Waals surface area contributed by atoms with Crippen LogP contribution in [0.4, 0.5) is 8.78 Å². The van der Waals surface area contributed by atoms with Crippen LogP contribution < -0.4 is 20.1 Å². The maximum atomic E-state index is 12.6. The normalized spacial score (nSPS) is 11.1. The van der Waals surface area contributed by atoms with Crippen LogP contribution in [0.25, 0.3) is 0 Å². The molecule has 0 amide bonds. The summed E-state index contributed by atoms with van der Waals surface area (Å²) in [5.41, 5.74) is 0.582. The molecule has 2 rings (SSSR count). The molecule has 0 unspecified atom stereocenters. The van der Waals surface area contributed by atoms with Gasteiger partial charge < -0.3 is 20.1 Å². The van der Waals surface area contributed by atoms with Gasteiger partial charge in [-0.3, -0.25) is 4.99 Å². The number of methoxy groups -OCH3 is 1. The van der Waals surface area contributed by atoms with Crippen molar-refractivity contribution < 1.29 is 18.3 Å². The smallest absolute Gasteiger partial charge is 0.387 e. The molecule has 2 aromatic rings. The number of guanidine groups is 1. The molecule has 0 radical (unpaired) electrons. The zero-order chi connectivity index (χ0) is 18.9. The van der Waals surface area contributed by atoms with Crippen LogP contribution in [-0.4, -0.2) is 26.7 Å². The van der Waals surface area contributed by atoms with E-state index in [4.69, 9.17) is 4.74 Å². The molecule has 0 bridgehead atoms. The van der Waals surface area contributed by atoms with Gasteiger partial charge >= 0.3 is 6.61 Å². The number of aliphatic imine (C=N–C) groups is 1. The Morgan fingerprint density at radius 2 is 1.85 bits per heavy atom. The van der Waals surface area contributed by atoms with Crippen LogP contribution in [-0.2, 0) is 19.5 Å². The van der Waals surface area contributed by atoms with Gasteiger partial charge in [0.1, 0.15) is 11.5 Å². The Hall–Kier alpha value is -1.62. The molecule has 1 aromatic carbocycles. The Morgan fingerprint density at radius 3 is 2.44 bits per heavy atom. The van der Waals surface area contributed by atoms with E-state index in [1.807, 2.05) is 0 Å². The summed E-state index contributed by atoms with van der Waals surface area (Å²) in [5.74, 6) is 1.11. The van der Waals surface area contributed by atoms with Gasteiger partial charge in [0.25, 0.3) is 0 Å². The van der Waals surface area contributed by atoms with Crippen molar-refractivity contribution in [2.75, 3.05) is 14.2 Å². The van der Waals surface area contributed by atoms with Crippen LogP contribution in [0.3, 0.4) is 0 Å². The van der Waals surface area contributed by atoms with Gasteiger partial charge in [-0.15, -0.1) is 35.3 Å². The van der Waals surface area contributed by atoms with E-state index in [1.54, 1.807) is 30.5 Å².